The Morgan fingerprint density at radius 1 is 1.19 bits per heavy atom. The Kier molecular flexibility index (Phi) is 5.24. The van der Waals surface area contributed by atoms with Crippen LogP contribution < -0.4 is 0 Å². The van der Waals surface area contributed by atoms with Gasteiger partial charge in [-0.3, -0.25) is 14.4 Å². The molecule has 0 aliphatic carbocycles. The average Bonchev–Trinajstić information content (AvgIpc) is 3.22. The quantitative estimate of drug-likeness (QED) is 0.788. The lowest BCUT2D eigenvalue weighted by molar-refractivity contribution is 0.0746. The number of benzene rings is 1. The van der Waals surface area contributed by atoms with Gasteiger partial charge < -0.3 is 4.90 Å². The molecule has 0 atom stereocenters. The van der Waals surface area contributed by atoms with E-state index < -0.39 is 0 Å². The van der Waals surface area contributed by atoms with E-state index in [0.717, 1.165) is 25.3 Å². The Hall–Kier alpha value is -1.85. The molecule has 6 heteroatoms. The van der Waals surface area contributed by atoms with Crippen LogP contribution in [0.1, 0.15) is 66.5 Å². The Morgan fingerprint density at radius 2 is 1.96 bits per heavy atom. The molecular weight excluding hydrogens is 360 g/mol. The molecule has 0 radical (unpaired) electrons. The molecule has 1 saturated heterocycles. The highest BCUT2D eigenvalue weighted by Crippen LogP contribution is 2.30. The van der Waals surface area contributed by atoms with E-state index in [1.807, 2.05) is 17.0 Å². The van der Waals surface area contributed by atoms with Gasteiger partial charge in [0, 0.05) is 28.7 Å². The normalized spacial score (nSPS) is 17.6. The second-order valence-corrected chi connectivity index (χ2v) is 8.36. The molecule has 1 aromatic heterocycles. The topological polar surface area (TPSA) is 41.4 Å². The smallest absolute Gasteiger partial charge is 0.254 e. The van der Waals surface area contributed by atoms with Gasteiger partial charge in [0.2, 0.25) is 0 Å². The largest absolute Gasteiger partial charge is 0.328 e. The molecule has 0 spiro atoms. The maximum Gasteiger partial charge on any atom is 0.254 e. The van der Waals surface area contributed by atoms with Gasteiger partial charge in [0.1, 0.15) is 0 Å². The molecule has 0 saturated carbocycles. The van der Waals surface area contributed by atoms with E-state index in [2.05, 4.69) is 23.4 Å². The number of rotatable bonds is 4. The van der Waals surface area contributed by atoms with Crippen LogP contribution in [-0.4, -0.2) is 38.6 Å². The molecule has 0 N–H and O–H groups in total. The van der Waals surface area contributed by atoms with Gasteiger partial charge in [0.15, 0.2) is 0 Å². The predicted octanol–water partition coefficient (Wildman–Crippen LogP) is 4.26. The third kappa shape index (κ3) is 3.76. The molecule has 2 aliphatic rings. The van der Waals surface area contributed by atoms with Crippen LogP contribution in [0.5, 0.6) is 0 Å². The molecule has 2 aliphatic heterocycles. The summed E-state index contributed by atoms with van der Waals surface area (Å²) in [4.78, 5) is 17.4. The van der Waals surface area contributed by atoms with Crippen LogP contribution in [0.3, 0.4) is 0 Å². The maximum absolute atomic E-state index is 13.0. The van der Waals surface area contributed by atoms with Crippen molar-refractivity contribution in [3.8, 4) is 0 Å². The summed E-state index contributed by atoms with van der Waals surface area (Å²) in [7, 11) is 0. The summed E-state index contributed by atoms with van der Waals surface area (Å²) in [5, 5.41) is 5.52. The molecule has 1 aromatic carbocycles. The highest BCUT2D eigenvalue weighted by Gasteiger charge is 2.32. The monoisotopic (exact) mass is 386 g/mol. The molecule has 0 unspecified atom stereocenters. The van der Waals surface area contributed by atoms with Crippen LogP contribution in [0.4, 0.5) is 0 Å². The number of fused-ring (bicyclic) bond motifs is 1. The number of hydrogen-bond acceptors (Lipinski definition) is 3. The molecular formula is C21H27ClN4O. The van der Waals surface area contributed by atoms with Gasteiger partial charge in [-0.05, 0) is 58.0 Å². The summed E-state index contributed by atoms with van der Waals surface area (Å²) in [5.74, 6) is 0.0351. The fraction of sp³-hybridized carbons (Fsp3) is 0.524. The highest BCUT2D eigenvalue weighted by atomic mass is 35.5. The minimum atomic E-state index is 0.0351. The number of hydrogen-bond donors (Lipinski definition) is 0. The standard InChI is InChI=1S/C21H27ClN4O/c1-15(2)26-20-14-25(21(27)16-7-6-8-17(22)11-16)12-18(20)19(23-26)13-24-9-4-3-5-10-24/h6-8,11,15H,3-5,9-10,12-14H2,1-2H3. The van der Waals surface area contributed by atoms with Gasteiger partial charge >= 0.3 is 0 Å². The van der Waals surface area contributed by atoms with Gasteiger partial charge in [-0.2, -0.15) is 5.10 Å². The van der Waals surface area contributed by atoms with E-state index >= 15 is 0 Å². The van der Waals surface area contributed by atoms with Crippen molar-refractivity contribution in [3.05, 3.63) is 51.8 Å². The van der Waals surface area contributed by atoms with Crippen LogP contribution in [0.2, 0.25) is 5.02 Å². The average molecular weight is 387 g/mol. The van der Waals surface area contributed by atoms with Crippen molar-refractivity contribution in [2.45, 2.75) is 58.8 Å². The summed E-state index contributed by atoms with van der Waals surface area (Å²) >= 11 is 6.07. The SMILES string of the molecule is CC(C)n1nc(CN2CCCCC2)c2c1CN(C(=O)c1cccc(Cl)c1)C2. The zero-order valence-corrected chi connectivity index (χ0v) is 16.9. The third-order valence-electron chi connectivity index (χ3n) is 5.56. The van der Waals surface area contributed by atoms with E-state index in [1.54, 1.807) is 12.1 Å². The zero-order chi connectivity index (χ0) is 19.0. The summed E-state index contributed by atoms with van der Waals surface area (Å²) in [6, 6.07) is 7.49. The van der Waals surface area contributed by atoms with Crippen LogP contribution in [0.25, 0.3) is 0 Å². The number of amides is 1. The first kappa shape index (κ1) is 18.5. The number of likely N-dealkylation sites (tertiary alicyclic amines) is 1. The molecule has 3 heterocycles. The van der Waals surface area contributed by atoms with E-state index in [-0.39, 0.29) is 11.9 Å². The van der Waals surface area contributed by atoms with Crippen molar-refractivity contribution in [3.63, 3.8) is 0 Å². The minimum Gasteiger partial charge on any atom is -0.328 e. The molecule has 0 bridgehead atoms. The summed E-state index contributed by atoms with van der Waals surface area (Å²) in [5.41, 5.74) is 4.22. The summed E-state index contributed by atoms with van der Waals surface area (Å²) in [6.07, 6.45) is 3.87. The van der Waals surface area contributed by atoms with Crippen LogP contribution >= 0.6 is 11.6 Å². The Morgan fingerprint density at radius 3 is 2.67 bits per heavy atom. The van der Waals surface area contributed by atoms with E-state index in [9.17, 15) is 4.79 Å². The first-order valence-electron chi connectivity index (χ1n) is 9.89. The molecule has 144 valence electrons. The van der Waals surface area contributed by atoms with Gasteiger partial charge in [-0.25, -0.2) is 0 Å². The second-order valence-electron chi connectivity index (χ2n) is 7.92. The Labute approximate surface area is 165 Å². The molecule has 1 fully saturated rings. The van der Waals surface area contributed by atoms with Crippen molar-refractivity contribution in [2.24, 2.45) is 0 Å². The Bertz CT molecular complexity index is 839. The van der Waals surface area contributed by atoms with Crippen LogP contribution in [0, 0.1) is 0 Å². The van der Waals surface area contributed by atoms with Crippen LogP contribution in [0.15, 0.2) is 24.3 Å². The van der Waals surface area contributed by atoms with Gasteiger partial charge in [-0.1, -0.05) is 24.1 Å². The zero-order valence-electron chi connectivity index (χ0n) is 16.1. The van der Waals surface area contributed by atoms with Crippen molar-refractivity contribution in [1.29, 1.82) is 0 Å². The highest BCUT2D eigenvalue weighted by molar-refractivity contribution is 6.30. The van der Waals surface area contributed by atoms with Crippen LogP contribution in [-0.2, 0) is 19.6 Å². The molecule has 5 nitrogen and oxygen atoms in total. The molecule has 27 heavy (non-hydrogen) atoms. The lowest BCUT2D eigenvalue weighted by atomic mass is 10.1. The second kappa shape index (κ2) is 7.64. The molecule has 4 rings (SSSR count). The van der Waals surface area contributed by atoms with E-state index in [0.29, 0.717) is 23.7 Å². The van der Waals surface area contributed by atoms with Gasteiger partial charge in [-0.15, -0.1) is 0 Å². The number of piperidine rings is 1. The van der Waals surface area contributed by atoms with Gasteiger partial charge in [0.25, 0.3) is 5.91 Å². The Balaban J connectivity index is 1.58. The first-order chi connectivity index (χ1) is 13.0. The molecule has 1 amide bonds. The number of carbonyl (C=O) groups is 1. The van der Waals surface area contributed by atoms with Crippen molar-refractivity contribution in [1.82, 2.24) is 19.6 Å². The molecule has 2 aromatic rings. The van der Waals surface area contributed by atoms with Gasteiger partial charge in [0.05, 0.1) is 24.5 Å². The van der Waals surface area contributed by atoms with Crippen molar-refractivity contribution in [2.75, 3.05) is 13.1 Å². The maximum atomic E-state index is 13.0. The minimum absolute atomic E-state index is 0.0351. The number of carbonyl (C=O) groups excluding carboxylic acids is 1. The number of nitrogens with zero attached hydrogens (tertiary/aromatic N) is 4. The predicted molar refractivity (Wildman–Crippen MR) is 107 cm³/mol. The number of halogens is 1. The lowest BCUT2D eigenvalue weighted by Crippen LogP contribution is -2.30. The third-order valence-corrected chi connectivity index (χ3v) is 5.80. The van der Waals surface area contributed by atoms with Crippen molar-refractivity contribution < 1.29 is 4.79 Å². The first-order valence-corrected chi connectivity index (χ1v) is 10.3. The lowest BCUT2D eigenvalue weighted by Gasteiger charge is -2.26. The van der Waals surface area contributed by atoms with E-state index in [1.165, 1.54) is 30.5 Å². The van der Waals surface area contributed by atoms with E-state index in [4.69, 9.17) is 16.7 Å². The summed E-state index contributed by atoms with van der Waals surface area (Å²) in [6.45, 7) is 8.74. The number of aromatic nitrogens is 2. The summed E-state index contributed by atoms with van der Waals surface area (Å²) < 4.78 is 2.11. The fourth-order valence-corrected chi connectivity index (χ4v) is 4.36. The fourth-order valence-electron chi connectivity index (χ4n) is 4.16. The van der Waals surface area contributed by atoms with Crippen molar-refractivity contribution >= 4 is 17.5 Å².